The van der Waals surface area contributed by atoms with E-state index in [2.05, 4.69) is 0 Å². The Hall–Kier alpha value is -4.55. The van der Waals surface area contributed by atoms with Crippen LogP contribution >= 0.6 is 0 Å². The maximum Gasteiger partial charge on any atom is 0.344 e. The zero-order valence-electron chi connectivity index (χ0n) is 14.9. The van der Waals surface area contributed by atoms with E-state index in [9.17, 15) is 25.5 Å². The van der Waals surface area contributed by atoms with Crippen LogP contribution in [0.5, 0.6) is 17.2 Å². The number of ether oxygens (including phenoxy) is 1. The predicted octanol–water partition coefficient (Wildman–Crippen LogP) is 4.15. The molecule has 138 valence electrons. The molecule has 4 rings (SSSR count). The van der Waals surface area contributed by atoms with Crippen LogP contribution in [-0.2, 0) is 0 Å². The first kappa shape index (κ1) is 17.8. The van der Waals surface area contributed by atoms with Gasteiger partial charge in [0.15, 0.2) is 0 Å². The summed E-state index contributed by atoms with van der Waals surface area (Å²) in [5.74, 6) is -1.19. The Balaban J connectivity index is 1.89. The van der Waals surface area contributed by atoms with E-state index in [1.165, 1.54) is 12.1 Å². The van der Waals surface area contributed by atoms with E-state index in [4.69, 9.17) is 4.74 Å². The Morgan fingerprint density at radius 1 is 0.828 bits per heavy atom. The number of hydrogen-bond acceptors (Lipinski definition) is 6. The molecule has 0 unspecified atom stereocenters. The van der Waals surface area contributed by atoms with Gasteiger partial charge in [-0.15, -0.1) is 0 Å². The minimum atomic E-state index is -0.696. The highest BCUT2D eigenvalue weighted by Crippen LogP contribution is 2.47. The minimum absolute atomic E-state index is 0.0121. The normalized spacial score (nSPS) is 11.0. The van der Waals surface area contributed by atoms with Crippen molar-refractivity contribution in [2.75, 3.05) is 0 Å². The fourth-order valence-corrected chi connectivity index (χ4v) is 3.48. The van der Waals surface area contributed by atoms with Gasteiger partial charge in [0.05, 0.1) is 5.56 Å². The molecule has 6 nitrogen and oxygen atoms in total. The number of carbonyl (C=O) groups is 1. The van der Waals surface area contributed by atoms with Crippen LogP contribution < -0.4 is 4.74 Å². The van der Waals surface area contributed by atoms with Gasteiger partial charge in [0.25, 0.3) is 0 Å². The van der Waals surface area contributed by atoms with Crippen LogP contribution in [0.1, 0.15) is 21.5 Å². The largest absolute Gasteiger partial charge is 0.508 e. The van der Waals surface area contributed by atoms with Gasteiger partial charge in [-0.2, -0.15) is 10.5 Å². The summed E-state index contributed by atoms with van der Waals surface area (Å²) in [5, 5.41) is 38.0. The zero-order chi connectivity index (χ0) is 20.5. The van der Waals surface area contributed by atoms with Crippen molar-refractivity contribution in [1.82, 2.24) is 0 Å². The lowest BCUT2D eigenvalue weighted by Gasteiger charge is -2.10. The van der Waals surface area contributed by atoms with E-state index in [-0.39, 0.29) is 28.4 Å². The smallest absolute Gasteiger partial charge is 0.344 e. The van der Waals surface area contributed by atoms with Crippen molar-refractivity contribution in [2.24, 2.45) is 0 Å². The van der Waals surface area contributed by atoms with Crippen LogP contribution in [0, 0.1) is 22.7 Å². The average molecular weight is 380 g/mol. The minimum Gasteiger partial charge on any atom is -0.508 e. The molecule has 29 heavy (non-hydrogen) atoms. The standard InChI is InChI=1S/C23H12N2O4/c24-11-13(12-25)21-17-4-1-2-5-18(17)22-19(21)6-3-7-20(22)23(28)29-16-9-14(26)8-15(27)10-16/h1-10,26-27H. The summed E-state index contributed by atoms with van der Waals surface area (Å²) in [4.78, 5) is 12.9. The van der Waals surface area contributed by atoms with Crippen molar-refractivity contribution in [3.8, 4) is 40.5 Å². The quantitative estimate of drug-likeness (QED) is 0.307. The molecule has 0 saturated carbocycles. The highest BCUT2D eigenvalue weighted by atomic mass is 16.5. The first-order chi connectivity index (χ1) is 14.0. The first-order valence-corrected chi connectivity index (χ1v) is 8.56. The number of carbonyl (C=O) groups excluding carboxylic acids is 1. The molecule has 0 saturated heterocycles. The summed E-state index contributed by atoms with van der Waals surface area (Å²) in [6.07, 6.45) is 0. The van der Waals surface area contributed by atoms with Crippen LogP contribution in [0.3, 0.4) is 0 Å². The molecule has 3 aromatic carbocycles. The number of phenols is 2. The number of esters is 1. The molecule has 0 aliphatic heterocycles. The van der Waals surface area contributed by atoms with E-state index in [0.29, 0.717) is 27.8 Å². The maximum atomic E-state index is 12.9. The number of benzene rings is 3. The summed E-state index contributed by atoms with van der Waals surface area (Å²) >= 11 is 0. The van der Waals surface area contributed by atoms with Gasteiger partial charge in [-0.25, -0.2) is 4.79 Å². The van der Waals surface area contributed by atoms with Gasteiger partial charge in [0, 0.05) is 29.3 Å². The number of rotatable bonds is 2. The molecule has 0 atom stereocenters. The van der Waals surface area contributed by atoms with Gasteiger partial charge in [0.2, 0.25) is 0 Å². The Bertz CT molecular complexity index is 1260. The molecule has 0 bridgehead atoms. The Morgan fingerprint density at radius 3 is 2.10 bits per heavy atom. The average Bonchev–Trinajstić information content (AvgIpc) is 3.03. The fourth-order valence-electron chi connectivity index (χ4n) is 3.48. The zero-order valence-corrected chi connectivity index (χ0v) is 14.9. The third kappa shape index (κ3) is 2.95. The second-order valence-electron chi connectivity index (χ2n) is 6.32. The summed E-state index contributed by atoms with van der Waals surface area (Å²) < 4.78 is 5.35. The molecule has 0 heterocycles. The summed E-state index contributed by atoms with van der Waals surface area (Å²) in [6.45, 7) is 0. The molecule has 0 aromatic heterocycles. The lowest BCUT2D eigenvalue weighted by atomic mass is 9.97. The number of nitrogens with zero attached hydrogens (tertiary/aromatic N) is 2. The van der Waals surface area contributed by atoms with Gasteiger partial charge in [0.1, 0.15) is 35.0 Å². The fraction of sp³-hybridized carbons (Fsp3) is 0. The third-order valence-electron chi connectivity index (χ3n) is 4.58. The van der Waals surface area contributed by atoms with Crippen molar-refractivity contribution in [3.63, 3.8) is 0 Å². The van der Waals surface area contributed by atoms with E-state index >= 15 is 0 Å². The van der Waals surface area contributed by atoms with Crippen molar-refractivity contribution in [1.29, 1.82) is 10.5 Å². The van der Waals surface area contributed by atoms with Crippen LogP contribution in [0.4, 0.5) is 0 Å². The molecule has 0 amide bonds. The monoisotopic (exact) mass is 380 g/mol. The van der Waals surface area contributed by atoms with Crippen molar-refractivity contribution >= 4 is 11.5 Å². The molecule has 0 radical (unpaired) electrons. The predicted molar refractivity (Wildman–Crippen MR) is 104 cm³/mol. The SMILES string of the molecule is N#CC(C#N)=C1c2ccccc2-c2c(C(=O)Oc3cc(O)cc(O)c3)cccc21. The molecule has 0 spiro atoms. The molecule has 0 fully saturated rings. The molecule has 2 N–H and O–H groups in total. The molecule has 6 heteroatoms. The Kier molecular flexibility index (Phi) is 4.23. The number of phenolic OH excluding ortho intramolecular Hbond substituents is 2. The van der Waals surface area contributed by atoms with E-state index in [1.54, 1.807) is 36.4 Å². The van der Waals surface area contributed by atoms with Crippen LogP contribution in [0.2, 0.25) is 0 Å². The highest BCUT2D eigenvalue weighted by Gasteiger charge is 2.30. The van der Waals surface area contributed by atoms with E-state index in [0.717, 1.165) is 6.07 Å². The summed E-state index contributed by atoms with van der Waals surface area (Å²) in [7, 11) is 0. The summed E-state index contributed by atoms with van der Waals surface area (Å²) in [5.41, 5.74) is 3.24. The van der Waals surface area contributed by atoms with Crippen molar-refractivity contribution in [2.45, 2.75) is 0 Å². The molecule has 1 aliphatic carbocycles. The first-order valence-electron chi connectivity index (χ1n) is 8.56. The number of allylic oxidation sites excluding steroid dienone is 1. The highest BCUT2D eigenvalue weighted by molar-refractivity contribution is 6.11. The molecular weight excluding hydrogens is 368 g/mol. The third-order valence-corrected chi connectivity index (χ3v) is 4.58. The van der Waals surface area contributed by atoms with Gasteiger partial charge in [-0.05, 0) is 22.8 Å². The number of hydrogen-bond donors (Lipinski definition) is 2. The van der Waals surface area contributed by atoms with Crippen molar-refractivity contribution < 1.29 is 19.7 Å². The molecule has 3 aromatic rings. The maximum absolute atomic E-state index is 12.9. The second-order valence-corrected chi connectivity index (χ2v) is 6.32. The molecular formula is C23H12N2O4. The van der Waals surface area contributed by atoms with Crippen molar-refractivity contribution in [3.05, 3.63) is 82.9 Å². The van der Waals surface area contributed by atoms with Crippen LogP contribution in [-0.4, -0.2) is 16.2 Å². The van der Waals surface area contributed by atoms with E-state index < -0.39 is 5.97 Å². The van der Waals surface area contributed by atoms with Gasteiger partial charge in [-0.1, -0.05) is 36.4 Å². The van der Waals surface area contributed by atoms with E-state index in [1.807, 2.05) is 18.2 Å². The number of fused-ring (bicyclic) bond motifs is 3. The Morgan fingerprint density at radius 2 is 1.45 bits per heavy atom. The second kappa shape index (κ2) is 6.88. The lowest BCUT2D eigenvalue weighted by Crippen LogP contribution is -2.10. The topological polar surface area (TPSA) is 114 Å². The van der Waals surface area contributed by atoms with Gasteiger partial charge in [-0.3, -0.25) is 0 Å². The Labute approximate surface area is 165 Å². The van der Waals surface area contributed by atoms with Crippen LogP contribution in [0.25, 0.3) is 16.7 Å². The molecule has 1 aliphatic rings. The van der Waals surface area contributed by atoms with Crippen LogP contribution in [0.15, 0.2) is 66.2 Å². The lowest BCUT2D eigenvalue weighted by molar-refractivity contribution is 0.0735. The summed E-state index contributed by atoms with van der Waals surface area (Å²) in [6, 6.07) is 19.6. The van der Waals surface area contributed by atoms with Gasteiger partial charge >= 0.3 is 5.97 Å². The van der Waals surface area contributed by atoms with Gasteiger partial charge < -0.3 is 14.9 Å². The number of aromatic hydroxyl groups is 2. The number of nitriles is 2.